The predicted octanol–water partition coefficient (Wildman–Crippen LogP) is 2.27. The van der Waals surface area contributed by atoms with Gasteiger partial charge in [0.1, 0.15) is 5.75 Å². The number of hydrogen-bond donors (Lipinski definition) is 1. The molecule has 1 aromatic rings. The van der Waals surface area contributed by atoms with E-state index in [2.05, 4.69) is 42.3 Å². The molecule has 17 heavy (non-hydrogen) atoms. The number of anilines is 1. The van der Waals surface area contributed by atoms with Crippen molar-refractivity contribution in [2.45, 2.75) is 26.4 Å². The quantitative estimate of drug-likeness (QED) is 0.868. The molecule has 0 saturated carbocycles. The van der Waals surface area contributed by atoms with Gasteiger partial charge in [-0.25, -0.2) is 0 Å². The summed E-state index contributed by atoms with van der Waals surface area (Å²) in [6.45, 7) is 8.50. The van der Waals surface area contributed by atoms with Crippen LogP contribution in [0.2, 0.25) is 0 Å². The van der Waals surface area contributed by atoms with E-state index in [0.29, 0.717) is 0 Å². The Kier molecular flexibility index (Phi) is 4.26. The second-order valence-electron chi connectivity index (χ2n) is 4.75. The fourth-order valence-corrected chi connectivity index (χ4v) is 2.13. The van der Waals surface area contributed by atoms with Crippen LogP contribution in [0, 0.1) is 0 Å². The summed E-state index contributed by atoms with van der Waals surface area (Å²) >= 11 is 0. The van der Waals surface area contributed by atoms with Crippen LogP contribution in [0.1, 0.15) is 20.3 Å². The van der Waals surface area contributed by atoms with E-state index in [1.165, 1.54) is 12.1 Å². The highest BCUT2D eigenvalue weighted by Gasteiger charge is 2.10. The normalized spacial score (nSPS) is 17.0. The molecule has 0 amide bonds. The zero-order valence-corrected chi connectivity index (χ0v) is 10.8. The van der Waals surface area contributed by atoms with Gasteiger partial charge < -0.3 is 15.0 Å². The van der Waals surface area contributed by atoms with Crippen molar-refractivity contribution in [3.05, 3.63) is 24.3 Å². The standard InChI is InChI=1S/C14H22N2O/c1-12(2)17-14-6-3-5-13(11-14)16-9-4-7-15-8-10-16/h3,5-6,11-12,15H,4,7-10H2,1-2H3. The highest BCUT2D eigenvalue weighted by atomic mass is 16.5. The molecule has 3 heteroatoms. The first-order chi connectivity index (χ1) is 8.25. The van der Waals surface area contributed by atoms with Crippen molar-refractivity contribution in [2.75, 3.05) is 31.1 Å². The van der Waals surface area contributed by atoms with E-state index in [4.69, 9.17) is 4.74 Å². The Morgan fingerprint density at radius 1 is 1.24 bits per heavy atom. The minimum absolute atomic E-state index is 0.232. The van der Waals surface area contributed by atoms with Gasteiger partial charge in [-0.2, -0.15) is 0 Å². The van der Waals surface area contributed by atoms with Crippen LogP contribution >= 0.6 is 0 Å². The molecule has 0 spiro atoms. The van der Waals surface area contributed by atoms with E-state index >= 15 is 0 Å². The smallest absolute Gasteiger partial charge is 0.121 e. The van der Waals surface area contributed by atoms with Gasteiger partial charge >= 0.3 is 0 Å². The number of hydrogen-bond acceptors (Lipinski definition) is 3. The summed E-state index contributed by atoms with van der Waals surface area (Å²) in [7, 11) is 0. The van der Waals surface area contributed by atoms with Gasteiger partial charge in [0, 0.05) is 31.4 Å². The lowest BCUT2D eigenvalue weighted by molar-refractivity contribution is 0.242. The third kappa shape index (κ3) is 3.63. The zero-order valence-electron chi connectivity index (χ0n) is 10.8. The number of rotatable bonds is 3. The summed E-state index contributed by atoms with van der Waals surface area (Å²) in [4.78, 5) is 2.42. The Morgan fingerprint density at radius 3 is 2.94 bits per heavy atom. The number of nitrogens with one attached hydrogen (secondary N) is 1. The minimum Gasteiger partial charge on any atom is -0.491 e. The van der Waals surface area contributed by atoms with Gasteiger partial charge in [0.15, 0.2) is 0 Å². The van der Waals surface area contributed by atoms with Gasteiger partial charge in [-0.3, -0.25) is 0 Å². The molecule has 0 aliphatic carbocycles. The molecule has 1 N–H and O–H groups in total. The highest BCUT2D eigenvalue weighted by molar-refractivity contribution is 5.50. The summed E-state index contributed by atoms with van der Waals surface area (Å²) in [5.41, 5.74) is 1.27. The Hall–Kier alpha value is -1.22. The first-order valence-corrected chi connectivity index (χ1v) is 6.48. The largest absolute Gasteiger partial charge is 0.491 e. The van der Waals surface area contributed by atoms with Crippen LogP contribution in [-0.4, -0.2) is 32.3 Å². The van der Waals surface area contributed by atoms with E-state index < -0.39 is 0 Å². The second kappa shape index (κ2) is 5.92. The molecule has 0 radical (unpaired) electrons. The van der Waals surface area contributed by atoms with Gasteiger partial charge in [0.05, 0.1) is 6.10 Å². The van der Waals surface area contributed by atoms with Gasteiger partial charge in [-0.1, -0.05) is 6.07 Å². The molecule has 0 atom stereocenters. The van der Waals surface area contributed by atoms with Crippen molar-refractivity contribution in [1.82, 2.24) is 5.32 Å². The average Bonchev–Trinajstić information content (AvgIpc) is 2.57. The molecule has 94 valence electrons. The van der Waals surface area contributed by atoms with Gasteiger partial charge in [-0.05, 0) is 38.9 Å². The first-order valence-electron chi connectivity index (χ1n) is 6.48. The molecular weight excluding hydrogens is 212 g/mol. The number of nitrogens with zero attached hydrogens (tertiary/aromatic N) is 1. The molecule has 1 aromatic carbocycles. The van der Waals surface area contributed by atoms with Gasteiger partial charge in [0.2, 0.25) is 0 Å². The third-order valence-corrected chi connectivity index (χ3v) is 2.89. The molecule has 3 nitrogen and oxygen atoms in total. The monoisotopic (exact) mass is 234 g/mol. The Balaban J connectivity index is 2.08. The van der Waals surface area contributed by atoms with Crippen LogP contribution in [-0.2, 0) is 0 Å². The van der Waals surface area contributed by atoms with Gasteiger partial charge in [-0.15, -0.1) is 0 Å². The van der Waals surface area contributed by atoms with Crippen molar-refractivity contribution in [3.8, 4) is 5.75 Å². The van der Waals surface area contributed by atoms with Crippen LogP contribution in [0.3, 0.4) is 0 Å². The predicted molar refractivity (Wildman–Crippen MR) is 71.9 cm³/mol. The molecule has 0 bridgehead atoms. The molecule has 1 aliphatic heterocycles. The molecule has 1 heterocycles. The molecule has 0 unspecified atom stereocenters. The van der Waals surface area contributed by atoms with E-state index in [9.17, 15) is 0 Å². The third-order valence-electron chi connectivity index (χ3n) is 2.89. The summed E-state index contributed by atoms with van der Waals surface area (Å²) in [5.74, 6) is 0.967. The van der Waals surface area contributed by atoms with E-state index in [1.54, 1.807) is 0 Å². The average molecular weight is 234 g/mol. The Morgan fingerprint density at radius 2 is 2.12 bits per heavy atom. The topological polar surface area (TPSA) is 24.5 Å². The molecule has 1 aliphatic rings. The van der Waals surface area contributed by atoms with Crippen molar-refractivity contribution >= 4 is 5.69 Å². The second-order valence-corrected chi connectivity index (χ2v) is 4.75. The van der Waals surface area contributed by atoms with E-state index in [0.717, 1.165) is 31.9 Å². The Bertz CT molecular complexity index is 344. The van der Waals surface area contributed by atoms with Gasteiger partial charge in [0.25, 0.3) is 0 Å². The maximum Gasteiger partial charge on any atom is 0.121 e. The van der Waals surface area contributed by atoms with Crippen LogP contribution in [0.25, 0.3) is 0 Å². The van der Waals surface area contributed by atoms with Crippen LogP contribution in [0.4, 0.5) is 5.69 Å². The lowest BCUT2D eigenvalue weighted by atomic mass is 10.2. The molecule has 1 fully saturated rings. The van der Waals surface area contributed by atoms with Crippen LogP contribution in [0.15, 0.2) is 24.3 Å². The van der Waals surface area contributed by atoms with Crippen molar-refractivity contribution in [1.29, 1.82) is 0 Å². The SMILES string of the molecule is CC(C)Oc1cccc(N2CCCNCC2)c1. The van der Waals surface area contributed by atoms with Crippen LogP contribution < -0.4 is 15.0 Å². The number of ether oxygens (including phenoxy) is 1. The van der Waals surface area contributed by atoms with Crippen molar-refractivity contribution < 1.29 is 4.74 Å². The van der Waals surface area contributed by atoms with E-state index in [1.807, 2.05) is 6.07 Å². The van der Waals surface area contributed by atoms with Crippen molar-refractivity contribution in [3.63, 3.8) is 0 Å². The van der Waals surface area contributed by atoms with Crippen molar-refractivity contribution in [2.24, 2.45) is 0 Å². The van der Waals surface area contributed by atoms with Crippen LogP contribution in [0.5, 0.6) is 5.75 Å². The lowest BCUT2D eigenvalue weighted by Crippen LogP contribution is -2.27. The zero-order chi connectivity index (χ0) is 12.1. The molecule has 0 aromatic heterocycles. The maximum absolute atomic E-state index is 5.73. The lowest BCUT2D eigenvalue weighted by Gasteiger charge is -2.23. The van der Waals surface area contributed by atoms with E-state index in [-0.39, 0.29) is 6.10 Å². The summed E-state index contributed by atoms with van der Waals surface area (Å²) in [6, 6.07) is 8.41. The summed E-state index contributed by atoms with van der Waals surface area (Å²) < 4.78 is 5.73. The minimum atomic E-state index is 0.232. The summed E-state index contributed by atoms with van der Waals surface area (Å²) in [5, 5.41) is 3.42. The maximum atomic E-state index is 5.73. The number of benzene rings is 1. The molecule has 1 saturated heterocycles. The first kappa shape index (κ1) is 12.2. The summed E-state index contributed by atoms with van der Waals surface area (Å²) in [6.07, 6.45) is 1.44. The fourth-order valence-electron chi connectivity index (χ4n) is 2.13. The highest BCUT2D eigenvalue weighted by Crippen LogP contribution is 2.22. The Labute approximate surface area is 104 Å². The molecule has 2 rings (SSSR count). The molecular formula is C14H22N2O. The fraction of sp³-hybridized carbons (Fsp3) is 0.571.